The van der Waals surface area contributed by atoms with Gasteiger partial charge in [-0.3, -0.25) is 14.9 Å². The second kappa shape index (κ2) is 8.49. The van der Waals surface area contributed by atoms with Gasteiger partial charge in [-0.2, -0.15) is 4.99 Å². The molecule has 7 nitrogen and oxygen atoms in total. The third kappa shape index (κ3) is 4.22. The van der Waals surface area contributed by atoms with Gasteiger partial charge in [-0.1, -0.05) is 45.9 Å². The monoisotopic (exact) mass is 445 g/mol. The number of thiazole rings is 1. The Morgan fingerprint density at radius 2 is 2.07 bits per heavy atom. The lowest BCUT2D eigenvalue weighted by atomic mass is 10.3. The lowest BCUT2D eigenvalue weighted by molar-refractivity contribution is -0.380. The first kappa shape index (κ1) is 20.0. The maximum absolute atomic E-state index is 12.5. The van der Waals surface area contributed by atoms with Crippen molar-refractivity contribution in [2.45, 2.75) is 13.5 Å². The molecule has 0 aliphatic rings. The fourth-order valence-electron chi connectivity index (χ4n) is 2.38. The van der Waals surface area contributed by atoms with Gasteiger partial charge in [0.15, 0.2) is 4.80 Å². The molecule has 0 bridgehead atoms. The summed E-state index contributed by atoms with van der Waals surface area (Å²) in [7, 11) is 0. The van der Waals surface area contributed by atoms with Crippen LogP contribution in [-0.2, 0) is 11.3 Å². The molecular formula is C16H13Cl2N3O4S2. The summed E-state index contributed by atoms with van der Waals surface area (Å²) >= 11 is 14.6. The zero-order valence-electron chi connectivity index (χ0n) is 14.0. The Hall–Kier alpha value is -1.78. The highest BCUT2D eigenvalue weighted by molar-refractivity contribution is 7.17. The molecular weight excluding hydrogens is 433 g/mol. The van der Waals surface area contributed by atoms with Gasteiger partial charge in [0.2, 0.25) is 0 Å². The normalized spacial score (nSPS) is 12.0. The van der Waals surface area contributed by atoms with Gasteiger partial charge in [0.25, 0.3) is 5.91 Å². The highest BCUT2D eigenvalue weighted by atomic mass is 35.5. The lowest BCUT2D eigenvalue weighted by Gasteiger charge is -2.07. The molecule has 0 saturated heterocycles. The number of ether oxygens (including phenoxy) is 1. The van der Waals surface area contributed by atoms with Crippen LogP contribution in [0.1, 0.15) is 16.6 Å². The van der Waals surface area contributed by atoms with Gasteiger partial charge < -0.3 is 9.30 Å². The molecule has 0 radical (unpaired) electrons. The van der Waals surface area contributed by atoms with E-state index in [4.69, 9.17) is 27.9 Å². The molecule has 0 spiro atoms. The SMILES string of the molecule is CCOCCn1c(=NC(=O)c2ccc([N+](=O)[O-])s2)sc2ccc(Cl)c(Cl)c21. The minimum Gasteiger partial charge on any atom is -0.380 e. The van der Waals surface area contributed by atoms with Crippen LogP contribution in [0.15, 0.2) is 29.3 Å². The van der Waals surface area contributed by atoms with Gasteiger partial charge in [-0.25, -0.2) is 0 Å². The Morgan fingerprint density at radius 3 is 2.74 bits per heavy atom. The first-order chi connectivity index (χ1) is 12.9. The van der Waals surface area contributed by atoms with Crippen LogP contribution in [-0.4, -0.2) is 28.6 Å². The molecule has 0 saturated carbocycles. The predicted octanol–water partition coefficient (Wildman–Crippen LogP) is 4.76. The third-order valence-corrected chi connectivity index (χ3v) is 6.44. The first-order valence-corrected chi connectivity index (χ1v) is 10.2. The molecule has 2 heterocycles. The van der Waals surface area contributed by atoms with Crippen molar-refractivity contribution in [1.82, 2.24) is 4.57 Å². The molecule has 1 amide bonds. The topological polar surface area (TPSA) is 86.7 Å². The average Bonchev–Trinajstić information content (AvgIpc) is 3.24. The van der Waals surface area contributed by atoms with Crippen LogP contribution in [0.3, 0.4) is 0 Å². The molecule has 0 aliphatic heterocycles. The summed E-state index contributed by atoms with van der Waals surface area (Å²) in [6, 6.07) is 6.18. The number of hydrogen-bond acceptors (Lipinski definition) is 6. The summed E-state index contributed by atoms with van der Waals surface area (Å²) in [6.45, 7) is 3.29. The highest BCUT2D eigenvalue weighted by Gasteiger charge is 2.17. The van der Waals surface area contributed by atoms with Crippen LogP contribution in [0.5, 0.6) is 0 Å². The predicted molar refractivity (Wildman–Crippen MR) is 107 cm³/mol. The van der Waals surface area contributed by atoms with Crippen molar-refractivity contribution < 1.29 is 14.5 Å². The van der Waals surface area contributed by atoms with Crippen LogP contribution in [0.2, 0.25) is 10.0 Å². The van der Waals surface area contributed by atoms with Gasteiger partial charge >= 0.3 is 5.00 Å². The number of thiophene rings is 1. The number of amides is 1. The Labute approximate surface area is 171 Å². The molecule has 11 heteroatoms. The van der Waals surface area contributed by atoms with E-state index < -0.39 is 10.8 Å². The van der Waals surface area contributed by atoms with Crippen molar-refractivity contribution in [3.63, 3.8) is 0 Å². The Morgan fingerprint density at radius 1 is 1.30 bits per heavy atom. The van der Waals surface area contributed by atoms with Crippen LogP contribution in [0.25, 0.3) is 10.2 Å². The molecule has 0 N–H and O–H groups in total. The summed E-state index contributed by atoms with van der Waals surface area (Å²) in [5.74, 6) is -0.549. The van der Waals surface area contributed by atoms with E-state index in [0.717, 1.165) is 16.0 Å². The maximum atomic E-state index is 12.5. The summed E-state index contributed by atoms with van der Waals surface area (Å²) in [4.78, 5) is 27.5. The second-order valence-electron chi connectivity index (χ2n) is 5.25. The van der Waals surface area contributed by atoms with E-state index in [9.17, 15) is 14.9 Å². The summed E-state index contributed by atoms with van der Waals surface area (Å²) < 4.78 is 8.01. The number of aromatic nitrogens is 1. The van der Waals surface area contributed by atoms with Crippen LogP contribution in [0.4, 0.5) is 5.00 Å². The van der Waals surface area contributed by atoms with Crippen molar-refractivity contribution in [1.29, 1.82) is 0 Å². The zero-order valence-corrected chi connectivity index (χ0v) is 17.1. The largest absolute Gasteiger partial charge is 0.380 e. The smallest absolute Gasteiger partial charge is 0.324 e. The van der Waals surface area contributed by atoms with Crippen molar-refractivity contribution in [2.24, 2.45) is 4.99 Å². The van der Waals surface area contributed by atoms with Crippen LogP contribution in [0, 0.1) is 10.1 Å². The molecule has 0 fully saturated rings. The molecule has 142 valence electrons. The van der Waals surface area contributed by atoms with Crippen molar-refractivity contribution in [3.05, 3.63) is 54.1 Å². The van der Waals surface area contributed by atoms with Crippen LogP contribution < -0.4 is 4.80 Å². The summed E-state index contributed by atoms with van der Waals surface area (Å²) in [5.41, 5.74) is 0.678. The fourth-order valence-corrected chi connectivity index (χ4v) is 4.62. The van der Waals surface area contributed by atoms with E-state index in [-0.39, 0.29) is 9.88 Å². The van der Waals surface area contributed by atoms with Gasteiger partial charge in [-0.15, -0.1) is 0 Å². The van der Waals surface area contributed by atoms with E-state index in [0.29, 0.717) is 40.1 Å². The minimum absolute atomic E-state index is 0.107. The highest BCUT2D eigenvalue weighted by Crippen LogP contribution is 2.32. The molecule has 3 aromatic rings. The molecule has 0 unspecified atom stereocenters. The van der Waals surface area contributed by atoms with Crippen molar-refractivity contribution in [3.8, 4) is 0 Å². The van der Waals surface area contributed by atoms with Gasteiger partial charge in [0, 0.05) is 19.2 Å². The fraction of sp³-hybridized carbons (Fsp3) is 0.250. The standard InChI is InChI=1S/C16H13Cl2N3O4S2/c1-2-25-8-7-20-14-10(4-3-9(17)13(14)18)27-16(20)19-15(22)11-5-6-12(26-11)21(23)24/h3-6H,2,7-8H2,1H3. The van der Waals surface area contributed by atoms with E-state index in [1.807, 2.05) is 13.0 Å². The van der Waals surface area contributed by atoms with Crippen molar-refractivity contribution in [2.75, 3.05) is 13.2 Å². The van der Waals surface area contributed by atoms with Crippen LogP contribution >= 0.6 is 45.9 Å². The Bertz CT molecular complexity index is 1090. The quantitative estimate of drug-likeness (QED) is 0.311. The number of nitro groups is 1. The average molecular weight is 446 g/mol. The lowest BCUT2D eigenvalue weighted by Crippen LogP contribution is -2.19. The number of carbonyl (C=O) groups is 1. The van der Waals surface area contributed by atoms with Crippen molar-refractivity contribution >= 4 is 67.0 Å². The summed E-state index contributed by atoms with van der Waals surface area (Å²) in [6.07, 6.45) is 0. The summed E-state index contributed by atoms with van der Waals surface area (Å²) in [5, 5.41) is 11.5. The number of halogens is 2. The molecule has 2 aromatic heterocycles. The molecule has 1 aromatic carbocycles. The number of hydrogen-bond donors (Lipinski definition) is 0. The van der Waals surface area contributed by atoms with E-state index in [1.165, 1.54) is 23.5 Å². The number of nitrogens with zero attached hydrogens (tertiary/aromatic N) is 3. The Kier molecular flexibility index (Phi) is 6.28. The van der Waals surface area contributed by atoms with E-state index in [1.54, 1.807) is 10.6 Å². The number of carbonyl (C=O) groups excluding carboxylic acids is 1. The maximum Gasteiger partial charge on any atom is 0.324 e. The zero-order chi connectivity index (χ0) is 19.6. The molecule has 0 aliphatic carbocycles. The van der Waals surface area contributed by atoms with E-state index in [2.05, 4.69) is 4.99 Å². The third-order valence-electron chi connectivity index (χ3n) is 3.58. The minimum atomic E-state index is -0.549. The molecule has 0 atom stereocenters. The molecule has 27 heavy (non-hydrogen) atoms. The Balaban J connectivity index is 2.09. The van der Waals surface area contributed by atoms with Gasteiger partial charge in [0.1, 0.15) is 4.88 Å². The van der Waals surface area contributed by atoms with Gasteiger partial charge in [-0.05, 0) is 25.1 Å². The second-order valence-corrected chi connectivity index (χ2v) is 8.11. The molecule has 3 rings (SSSR count). The van der Waals surface area contributed by atoms with E-state index >= 15 is 0 Å². The van der Waals surface area contributed by atoms with Gasteiger partial charge in [0.05, 0.1) is 31.8 Å². The first-order valence-electron chi connectivity index (χ1n) is 7.80. The number of benzene rings is 1. The number of fused-ring (bicyclic) bond motifs is 1. The number of rotatable bonds is 6.